The van der Waals surface area contributed by atoms with Gasteiger partial charge in [0.15, 0.2) is 0 Å². The first kappa shape index (κ1) is 20.9. The van der Waals surface area contributed by atoms with Gasteiger partial charge in [-0.3, -0.25) is 0 Å². The summed E-state index contributed by atoms with van der Waals surface area (Å²) >= 11 is 0. The van der Waals surface area contributed by atoms with Gasteiger partial charge in [0, 0.05) is 0 Å². The first-order valence-electron chi connectivity index (χ1n) is 9.55. The summed E-state index contributed by atoms with van der Waals surface area (Å²) in [4.78, 5) is 0. The summed E-state index contributed by atoms with van der Waals surface area (Å²) < 4.78 is 17.7. The standard InChI is InChI=1S/C24H30O3/c1-3-5-17-25-18-16-24(27-20-22-14-10-7-11-15-22)23(4-2)26-19-21-12-8-6-9-13-21/h4,6-16,18,23-24H,2-3,5,17,19-20H2,1H3/b18-16-/t23-,24+/m0/s1. The number of benzene rings is 2. The lowest BCUT2D eigenvalue weighted by molar-refractivity contribution is -0.0429. The van der Waals surface area contributed by atoms with Crippen LogP contribution >= 0.6 is 0 Å². The Morgan fingerprint density at radius 1 is 0.852 bits per heavy atom. The highest BCUT2D eigenvalue weighted by Crippen LogP contribution is 2.14. The molecule has 0 fully saturated rings. The minimum absolute atomic E-state index is 0.264. The van der Waals surface area contributed by atoms with Crippen molar-refractivity contribution in [3.8, 4) is 0 Å². The lowest BCUT2D eigenvalue weighted by atomic mass is 10.1. The van der Waals surface area contributed by atoms with Gasteiger partial charge in [-0.15, -0.1) is 6.58 Å². The minimum Gasteiger partial charge on any atom is -0.501 e. The molecule has 0 unspecified atom stereocenters. The maximum absolute atomic E-state index is 6.11. The zero-order valence-corrected chi connectivity index (χ0v) is 16.1. The predicted molar refractivity (Wildman–Crippen MR) is 110 cm³/mol. The van der Waals surface area contributed by atoms with E-state index >= 15 is 0 Å². The summed E-state index contributed by atoms with van der Waals surface area (Å²) in [5.74, 6) is 0. The molecule has 2 atom stereocenters. The quantitative estimate of drug-likeness (QED) is 0.259. The third kappa shape index (κ3) is 8.25. The summed E-state index contributed by atoms with van der Waals surface area (Å²) in [5, 5.41) is 0. The molecule has 144 valence electrons. The molecule has 0 bridgehead atoms. The summed E-state index contributed by atoms with van der Waals surface area (Å²) in [7, 11) is 0. The van der Waals surface area contributed by atoms with Crippen molar-refractivity contribution in [3.63, 3.8) is 0 Å². The molecule has 0 aliphatic rings. The summed E-state index contributed by atoms with van der Waals surface area (Å²) in [6.07, 6.45) is 7.03. The van der Waals surface area contributed by atoms with E-state index in [1.807, 2.05) is 66.7 Å². The van der Waals surface area contributed by atoms with Crippen molar-refractivity contribution in [3.05, 3.63) is 96.8 Å². The molecular weight excluding hydrogens is 336 g/mol. The summed E-state index contributed by atoms with van der Waals surface area (Å²) in [5.41, 5.74) is 2.24. The lowest BCUT2D eigenvalue weighted by Crippen LogP contribution is -2.28. The molecule has 0 aromatic heterocycles. The molecule has 0 radical (unpaired) electrons. The average molecular weight is 367 g/mol. The Labute approximate surface area is 163 Å². The number of hydrogen-bond acceptors (Lipinski definition) is 3. The van der Waals surface area contributed by atoms with E-state index in [-0.39, 0.29) is 12.2 Å². The van der Waals surface area contributed by atoms with Gasteiger partial charge in [0.25, 0.3) is 0 Å². The van der Waals surface area contributed by atoms with Gasteiger partial charge in [-0.1, -0.05) is 80.1 Å². The fraction of sp³-hybridized carbons (Fsp3) is 0.333. The molecule has 0 saturated heterocycles. The van der Waals surface area contributed by atoms with Crippen molar-refractivity contribution in [1.82, 2.24) is 0 Å². The van der Waals surface area contributed by atoms with Crippen LogP contribution in [0.15, 0.2) is 85.7 Å². The highest BCUT2D eigenvalue weighted by molar-refractivity contribution is 5.15. The molecule has 3 nitrogen and oxygen atoms in total. The van der Waals surface area contributed by atoms with E-state index in [9.17, 15) is 0 Å². The summed E-state index contributed by atoms with van der Waals surface area (Å²) in [6, 6.07) is 20.2. The fourth-order valence-corrected chi connectivity index (χ4v) is 2.52. The zero-order valence-electron chi connectivity index (χ0n) is 16.1. The van der Waals surface area contributed by atoms with Crippen molar-refractivity contribution in [2.45, 2.75) is 45.2 Å². The average Bonchev–Trinajstić information content (AvgIpc) is 2.73. The molecule has 0 spiro atoms. The molecule has 0 aliphatic carbocycles. The largest absolute Gasteiger partial charge is 0.501 e. The first-order chi connectivity index (χ1) is 13.3. The molecule has 27 heavy (non-hydrogen) atoms. The van der Waals surface area contributed by atoms with E-state index in [1.165, 1.54) is 0 Å². The van der Waals surface area contributed by atoms with Crippen molar-refractivity contribution < 1.29 is 14.2 Å². The smallest absolute Gasteiger partial charge is 0.109 e. The van der Waals surface area contributed by atoms with E-state index in [1.54, 1.807) is 12.3 Å². The lowest BCUT2D eigenvalue weighted by Gasteiger charge is -2.23. The molecule has 2 aromatic rings. The Balaban J connectivity index is 1.97. The van der Waals surface area contributed by atoms with E-state index in [0.29, 0.717) is 19.8 Å². The monoisotopic (exact) mass is 366 g/mol. The van der Waals surface area contributed by atoms with Crippen LogP contribution in [-0.2, 0) is 27.4 Å². The minimum atomic E-state index is -0.270. The normalized spacial score (nSPS) is 13.4. The molecular formula is C24H30O3. The Hall–Kier alpha value is -2.36. The van der Waals surface area contributed by atoms with Gasteiger partial charge in [-0.05, 0) is 23.6 Å². The number of rotatable bonds is 13. The molecule has 0 saturated carbocycles. The van der Waals surface area contributed by atoms with Crippen molar-refractivity contribution in [1.29, 1.82) is 0 Å². The second-order valence-corrected chi connectivity index (χ2v) is 6.31. The maximum Gasteiger partial charge on any atom is 0.109 e. The predicted octanol–water partition coefficient (Wildman–Crippen LogP) is 5.67. The van der Waals surface area contributed by atoms with E-state index in [0.717, 1.165) is 24.0 Å². The van der Waals surface area contributed by atoms with Gasteiger partial charge in [0.05, 0.1) is 26.1 Å². The first-order valence-corrected chi connectivity index (χ1v) is 9.55. The van der Waals surface area contributed by atoms with Crippen LogP contribution < -0.4 is 0 Å². The van der Waals surface area contributed by atoms with Crippen LogP contribution in [0.2, 0.25) is 0 Å². The second-order valence-electron chi connectivity index (χ2n) is 6.31. The molecule has 2 rings (SSSR count). The SMILES string of the molecule is C=C[C@H](OCc1ccccc1)[C@@H](/C=C\OCCCC)OCc1ccccc1. The third-order valence-corrected chi connectivity index (χ3v) is 4.11. The highest BCUT2D eigenvalue weighted by atomic mass is 16.5. The molecule has 0 amide bonds. The number of hydrogen-bond donors (Lipinski definition) is 0. The van der Waals surface area contributed by atoms with Crippen molar-refractivity contribution in [2.75, 3.05) is 6.61 Å². The van der Waals surface area contributed by atoms with E-state index < -0.39 is 0 Å². The van der Waals surface area contributed by atoms with Crippen LogP contribution in [-0.4, -0.2) is 18.8 Å². The van der Waals surface area contributed by atoms with Crippen LogP contribution in [0, 0.1) is 0 Å². The van der Waals surface area contributed by atoms with Gasteiger partial charge >= 0.3 is 0 Å². The van der Waals surface area contributed by atoms with Crippen LogP contribution in [0.5, 0.6) is 0 Å². The highest BCUT2D eigenvalue weighted by Gasteiger charge is 2.18. The maximum atomic E-state index is 6.11. The van der Waals surface area contributed by atoms with Crippen LogP contribution in [0.1, 0.15) is 30.9 Å². The Bertz CT molecular complexity index is 652. The topological polar surface area (TPSA) is 27.7 Å². The van der Waals surface area contributed by atoms with Crippen LogP contribution in [0.25, 0.3) is 0 Å². The fourth-order valence-electron chi connectivity index (χ4n) is 2.52. The van der Waals surface area contributed by atoms with Gasteiger partial charge in [-0.25, -0.2) is 0 Å². The van der Waals surface area contributed by atoms with Gasteiger partial charge in [0.1, 0.15) is 12.2 Å². The third-order valence-electron chi connectivity index (χ3n) is 4.11. The Kier molecular flexibility index (Phi) is 10.0. The van der Waals surface area contributed by atoms with Crippen molar-refractivity contribution >= 4 is 0 Å². The Morgan fingerprint density at radius 2 is 1.41 bits per heavy atom. The van der Waals surface area contributed by atoms with E-state index in [2.05, 4.69) is 13.5 Å². The van der Waals surface area contributed by atoms with Crippen LogP contribution in [0.4, 0.5) is 0 Å². The van der Waals surface area contributed by atoms with Crippen LogP contribution in [0.3, 0.4) is 0 Å². The molecule has 0 N–H and O–H groups in total. The van der Waals surface area contributed by atoms with Gasteiger partial charge in [0.2, 0.25) is 0 Å². The zero-order chi connectivity index (χ0) is 19.2. The second kappa shape index (κ2) is 12.9. The molecule has 0 heterocycles. The number of unbranched alkanes of at least 4 members (excludes halogenated alkanes) is 1. The number of ether oxygens (including phenoxy) is 3. The summed E-state index contributed by atoms with van der Waals surface area (Å²) in [6.45, 7) is 7.79. The molecule has 0 aliphatic heterocycles. The van der Waals surface area contributed by atoms with Gasteiger partial charge < -0.3 is 14.2 Å². The molecule has 2 aromatic carbocycles. The van der Waals surface area contributed by atoms with Gasteiger partial charge in [-0.2, -0.15) is 0 Å². The van der Waals surface area contributed by atoms with E-state index in [4.69, 9.17) is 14.2 Å². The van der Waals surface area contributed by atoms with Crippen molar-refractivity contribution in [2.24, 2.45) is 0 Å². The Morgan fingerprint density at radius 3 is 1.93 bits per heavy atom. The molecule has 3 heteroatoms.